The van der Waals surface area contributed by atoms with Crippen LogP contribution in [-0.4, -0.2) is 29.3 Å². The second kappa shape index (κ2) is 4.65. The van der Waals surface area contributed by atoms with Gasteiger partial charge in [-0.3, -0.25) is 0 Å². The van der Waals surface area contributed by atoms with Gasteiger partial charge in [-0.05, 0) is 30.5 Å². The number of fused-ring (bicyclic) bond motifs is 2. The van der Waals surface area contributed by atoms with Crippen molar-refractivity contribution in [2.75, 3.05) is 7.11 Å². The monoisotopic (exact) mass is 316 g/mol. The topological polar surface area (TPSA) is 17.2 Å². The molecule has 0 saturated heterocycles. The molecule has 0 N–H and O–H groups in total. The number of halogens is 3. The van der Waals surface area contributed by atoms with Gasteiger partial charge in [-0.2, -0.15) is 0 Å². The molecule has 1 aromatic carbocycles. The number of benzene rings is 1. The van der Waals surface area contributed by atoms with Crippen LogP contribution in [0.1, 0.15) is 11.3 Å². The fraction of sp³-hybridized carbons (Fsp3) is 0.0625. The van der Waals surface area contributed by atoms with E-state index in [9.17, 15) is 13.0 Å². The number of methoxy groups -OCH3 is 1. The second-order valence-corrected chi connectivity index (χ2v) is 5.41. The van der Waals surface area contributed by atoms with Crippen molar-refractivity contribution in [1.29, 1.82) is 0 Å². The molecule has 116 valence electrons. The lowest BCUT2D eigenvalue weighted by Gasteiger charge is -2.31. The van der Waals surface area contributed by atoms with Crippen molar-refractivity contribution in [2.45, 2.75) is 0 Å². The van der Waals surface area contributed by atoms with E-state index in [2.05, 4.69) is 0 Å². The Kier molecular flexibility index (Phi) is 2.82. The molecule has 2 aliphatic rings. The van der Waals surface area contributed by atoms with Gasteiger partial charge in [0.25, 0.3) is 0 Å². The SMILES string of the molecule is COc1ccc(C2=C3C=CC=[N+]3[B-](F)(F)n3cccc32)c(F)c1. The third kappa shape index (κ3) is 1.82. The predicted octanol–water partition coefficient (Wildman–Crippen LogP) is 3.28. The third-order valence-electron chi connectivity index (χ3n) is 4.19. The van der Waals surface area contributed by atoms with Crippen LogP contribution in [0.15, 0.2) is 54.4 Å². The van der Waals surface area contributed by atoms with Crippen LogP contribution in [0.25, 0.3) is 5.57 Å². The van der Waals surface area contributed by atoms with Crippen LogP contribution < -0.4 is 4.74 Å². The predicted molar refractivity (Wildman–Crippen MR) is 82.2 cm³/mol. The van der Waals surface area contributed by atoms with Crippen molar-refractivity contribution in [3.63, 3.8) is 0 Å². The van der Waals surface area contributed by atoms with Gasteiger partial charge in [0.15, 0.2) is 5.70 Å². The molecular formula is C16H12BF3N2O. The van der Waals surface area contributed by atoms with Crippen LogP contribution in [-0.2, 0) is 0 Å². The molecule has 2 aliphatic heterocycles. The second-order valence-electron chi connectivity index (χ2n) is 5.41. The van der Waals surface area contributed by atoms with Gasteiger partial charge in [-0.1, -0.05) is 0 Å². The molecule has 0 spiro atoms. The maximum absolute atomic E-state index is 14.6. The summed E-state index contributed by atoms with van der Waals surface area (Å²) in [5.74, 6) is -0.138. The maximum atomic E-state index is 14.6. The number of ether oxygens (including phenoxy) is 1. The zero-order chi connectivity index (χ0) is 16.2. The van der Waals surface area contributed by atoms with Gasteiger partial charge in [0.05, 0.1) is 12.7 Å². The van der Waals surface area contributed by atoms with E-state index in [-0.39, 0.29) is 5.56 Å². The first-order valence-corrected chi connectivity index (χ1v) is 7.12. The molecule has 1 aromatic heterocycles. The Morgan fingerprint density at radius 3 is 2.78 bits per heavy atom. The zero-order valence-electron chi connectivity index (χ0n) is 12.2. The Balaban J connectivity index is 2.02. The number of hydrogen-bond acceptors (Lipinski definition) is 1. The minimum atomic E-state index is -3.97. The van der Waals surface area contributed by atoms with E-state index in [0.717, 1.165) is 8.96 Å². The first kappa shape index (κ1) is 13.9. The minimum Gasteiger partial charge on any atom is -0.497 e. The van der Waals surface area contributed by atoms with Crippen LogP contribution in [0.4, 0.5) is 13.0 Å². The van der Waals surface area contributed by atoms with E-state index < -0.39 is 12.8 Å². The lowest BCUT2D eigenvalue weighted by Crippen LogP contribution is -2.49. The van der Waals surface area contributed by atoms with Crippen LogP contribution in [0.2, 0.25) is 0 Å². The van der Waals surface area contributed by atoms with Gasteiger partial charge in [-0.25, -0.2) is 4.39 Å². The summed E-state index contributed by atoms with van der Waals surface area (Å²) in [5.41, 5.74) is 1.29. The molecule has 3 nitrogen and oxygen atoms in total. The number of hydrogen-bond donors (Lipinski definition) is 0. The lowest BCUT2D eigenvalue weighted by molar-refractivity contribution is -0.356. The van der Waals surface area contributed by atoms with Crippen molar-refractivity contribution >= 4 is 18.8 Å². The summed E-state index contributed by atoms with van der Waals surface area (Å²) in [6.45, 7) is -3.97. The Labute approximate surface area is 130 Å². The van der Waals surface area contributed by atoms with Crippen molar-refractivity contribution in [1.82, 2.24) is 4.48 Å². The Morgan fingerprint density at radius 1 is 1.22 bits per heavy atom. The highest BCUT2D eigenvalue weighted by molar-refractivity contribution is 6.57. The largest absolute Gasteiger partial charge is 0.737 e. The molecule has 4 rings (SSSR count). The van der Waals surface area contributed by atoms with Gasteiger partial charge < -0.3 is 22.3 Å². The van der Waals surface area contributed by atoms with Crippen molar-refractivity contribution < 1.29 is 22.2 Å². The van der Waals surface area contributed by atoms with Crippen molar-refractivity contribution in [3.05, 3.63) is 71.5 Å². The van der Waals surface area contributed by atoms with E-state index >= 15 is 0 Å². The summed E-state index contributed by atoms with van der Waals surface area (Å²) in [7, 11) is 1.45. The summed E-state index contributed by atoms with van der Waals surface area (Å²) < 4.78 is 50.6. The molecule has 2 aromatic rings. The lowest BCUT2D eigenvalue weighted by atomic mass is 9.86. The highest BCUT2D eigenvalue weighted by atomic mass is 19.2. The molecule has 0 amide bonds. The van der Waals surface area contributed by atoms with Crippen molar-refractivity contribution in [2.24, 2.45) is 0 Å². The molecule has 0 saturated carbocycles. The number of nitrogens with zero attached hydrogens (tertiary/aromatic N) is 2. The fourth-order valence-electron chi connectivity index (χ4n) is 3.12. The van der Waals surface area contributed by atoms with Crippen LogP contribution in [0.5, 0.6) is 5.75 Å². The molecule has 0 radical (unpaired) electrons. The maximum Gasteiger partial charge on any atom is 0.737 e. The van der Waals surface area contributed by atoms with Crippen LogP contribution in [0.3, 0.4) is 0 Å². The Hall–Kier alpha value is -2.70. The van der Waals surface area contributed by atoms with Gasteiger partial charge in [0.1, 0.15) is 17.8 Å². The minimum absolute atomic E-state index is 0.261. The molecule has 0 atom stereocenters. The van der Waals surface area contributed by atoms with E-state index in [1.165, 1.54) is 25.6 Å². The molecule has 23 heavy (non-hydrogen) atoms. The zero-order valence-corrected chi connectivity index (χ0v) is 12.2. The first-order valence-electron chi connectivity index (χ1n) is 7.12. The molecule has 0 unspecified atom stereocenters. The summed E-state index contributed by atoms with van der Waals surface area (Å²) >= 11 is 0. The summed E-state index contributed by atoms with van der Waals surface area (Å²) in [6.07, 6.45) is 5.75. The smallest absolute Gasteiger partial charge is 0.497 e. The Morgan fingerprint density at radius 2 is 2.04 bits per heavy atom. The van der Waals surface area contributed by atoms with Gasteiger partial charge >= 0.3 is 6.97 Å². The third-order valence-corrected chi connectivity index (χ3v) is 4.19. The number of rotatable bonds is 2. The van der Waals surface area contributed by atoms with Gasteiger partial charge in [0, 0.05) is 29.5 Å². The number of aromatic nitrogens is 1. The molecular weight excluding hydrogens is 304 g/mol. The molecule has 0 fully saturated rings. The van der Waals surface area contributed by atoms with E-state index in [0.29, 0.717) is 22.7 Å². The first-order chi connectivity index (χ1) is 11.0. The van der Waals surface area contributed by atoms with Gasteiger partial charge in [0.2, 0.25) is 0 Å². The average molecular weight is 316 g/mol. The van der Waals surface area contributed by atoms with Crippen LogP contribution >= 0.6 is 0 Å². The molecule has 7 heteroatoms. The van der Waals surface area contributed by atoms with Gasteiger partial charge in [-0.15, -0.1) is 0 Å². The highest BCUT2D eigenvalue weighted by Gasteiger charge is 2.51. The summed E-state index contributed by atoms with van der Waals surface area (Å²) in [6, 6.07) is 7.53. The summed E-state index contributed by atoms with van der Waals surface area (Å²) in [4.78, 5) is 0. The van der Waals surface area contributed by atoms with E-state index in [1.807, 2.05) is 0 Å². The fourth-order valence-corrected chi connectivity index (χ4v) is 3.12. The van der Waals surface area contributed by atoms with Crippen molar-refractivity contribution in [3.8, 4) is 5.75 Å². The molecule has 3 heterocycles. The molecule has 0 aliphatic carbocycles. The standard InChI is InChI=1S/C16H12BF3N2O/c1-23-11-6-7-12(13(18)10-11)16-14-4-2-8-21(14)17(19,20)22-9-3-5-15(16)22/h2-10H,1H3. The van der Waals surface area contributed by atoms with Crippen LogP contribution in [0, 0.1) is 5.82 Å². The highest BCUT2D eigenvalue weighted by Crippen LogP contribution is 2.39. The Bertz CT molecular complexity index is 912. The average Bonchev–Trinajstić information content (AvgIpc) is 3.18. The van der Waals surface area contributed by atoms with E-state index in [1.54, 1.807) is 36.4 Å². The quantitative estimate of drug-likeness (QED) is 0.777. The number of allylic oxidation sites excluding steroid dienone is 2. The molecule has 0 bridgehead atoms. The summed E-state index contributed by atoms with van der Waals surface area (Å²) in [5, 5.41) is 0. The van der Waals surface area contributed by atoms with E-state index in [4.69, 9.17) is 4.74 Å². The normalized spacial score (nSPS) is 17.8.